The summed E-state index contributed by atoms with van der Waals surface area (Å²) in [5.74, 6) is -0.283. The number of thioether (sulfide) groups is 1. The van der Waals surface area contributed by atoms with Gasteiger partial charge in [0.2, 0.25) is 0 Å². The molecule has 2 heterocycles. The minimum absolute atomic E-state index is 0.0882. The first-order valence-electron chi connectivity index (χ1n) is 8.95. The molecule has 8 heteroatoms. The topological polar surface area (TPSA) is 79.7 Å². The highest BCUT2D eigenvalue weighted by atomic mass is 32.2. The van der Waals surface area contributed by atoms with Crippen molar-refractivity contribution < 1.29 is 13.2 Å². The number of fused-ring (bicyclic) bond motifs is 1. The number of carbonyl (C=O) groups excluding carboxylic acids is 1. The van der Waals surface area contributed by atoms with Crippen molar-refractivity contribution in [1.29, 1.82) is 0 Å². The Bertz CT molecular complexity index is 1250. The van der Waals surface area contributed by atoms with E-state index in [-0.39, 0.29) is 16.0 Å². The molecule has 2 aromatic carbocycles. The van der Waals surface area contributed by atoms with Crippen LogP contribution >= 0.6 is 11.8 Å². The quantitative estimate of drug-likeness (QED) is 0.595. The smallest absolute Gasteiger partial charge is 0.284 e. The summed E-state index contributed by atoms with van der Waals surface area (Å²) in [5.41, 5.74) is 1.45. The van der Waals surface area contributed by atoms with Gasteiger partial charge in [-0.2, -0.15) is 8.42 Å². The molecule has 0 unspecified atom stereocenters. The molecule has 4 rings (SSSR count). The van der Waals surface area contributed by atoms with E-state index in [1.54, 1.807) is 31.2 Å². The maximum absolute atomic E-state index is 12.8. The lowest BCUT2D eigenvalue weighted by Crippen LogP contribution is -2.29. The lowest BCUT2D eigenvalue weighted by molar-refractivity contribution is -0.122. The van der Waals surface area contributed by atoms with E-state index in [1.165, 1.54) is 17.0 Å². The molecule has 3 aromatic rings. The number of amidine groups is 1. The zero-order valence-electron chi connectivity index (χ0n) is 15.5. The van der Waals surface area contributed by atoms with Crippen molar-refractivity contribution >= 4 is 49.8 Å². The predicted molar refractivity (Wildman–Crippen MR) is 116 cm³/mol. The minimum atomic E-state index is -3.90. The molecular weight excluding hydrogens is 406 g/mol. The molecule has 1 amide bonds. The largest absolute Gasteiger partial charge is 0.286 e. The lowest BCUT2D eigenvalue weighted by Gasteiger charge is -2.11. The Morgan fingerprint density at radius 1 is 1.03 bits per heavy atom. The molecule has 1 fully saturated rings. The van der Waals surface area contributed by atoms with Gasteiger partial charge in [-0.25, -0.2) is 4.98 Å². The fourth-order valence-corrected chi connectivity index (χ4v) is 5.15. The summed E-state index contributed by atoms with van der Waals surface area (Å²) < 4.78 is 29.1. The first-order chi connectivity index (χ1) is 14.0. The molecule has 0 spiro atoms. The van der Waals surface area contributed by atoms with Crippen molar-refractivity contribution in [3.05, 3.63) is 77.3 Å². The van der Waals surface area contributed by atoms with Crippen molar-refractivity contribution in [3.8, 4) is 0 Å². The van der Waals surface area contributed by atoms with Gasteiger partial charge in [-0.3, -0.25) is 9.69 Å². The third kappa shape index (κ3) is 3.94. The van der Waals surface area contributed by atoms with Crippen LogP contribution in [0.2, 0.25) is 0 Å². The highest BCUT2D eigenvalue weighted by Gasteiger charge is 2.34. The number of aromatic nitrogens is 1. The number of benzene rings is 2. The van der Waals surface area contributed by atoms with Gasteiger partial charge in [0.15, 0.2) is 5.17 Å². The van der Waals surface area contributed by atoms with Gasteiger partial charge < -0.3 is 0 Å². The van der Waals surface area contributed by atoms with Crippen LogP contribution in [0, 0.1) is 0 Å². The Morgan fingerprint density at radius 3 is 2.52 bits per heavy atom. The fourth-order valence-electron chi connectivity index (χ4n) is 2.90. The highest BCUT2D eigenvalue weighted by molar-refractivity contribution is 8.19. The SMILES string of the molecule is CCN1C(=O)C(=Cc2ccc3ccccc3n2)SC1=NS(=O)(=O)c1ccccc1. The molecular formula is C21H17N3O3S2. The van der Waals surface area contributed by atoms with Crippen molar-refractivity contribution in [1.82, 2.24) is 9.88 Å². The molecule has 1 saturated heterocycles. The van der Waals surface area contributed by atoms with Gasteiger partial charge in [0.1, 0.15) is 0 Å². The van der Waals surface area contributed by atoms with E-state index in [4.69, 9.17) is 0 Å². The molecule has 1 aliphatic rings. The van der Waals surface area contributed by atoms with Crippen LogP contribution in [0.15, 0.2) is 80.9 Å². The Labute approximate surface area is 173 Å². The second-order valence-electron chi connectivity index (χ2n) is 6.25. The monoisotopic (exact) mass is 423 g/mol. The molecule has 0 atom stereocenters. The maximum atomic E-state index is 12.8. The number of sulfonamides is 1. The van der Waals surface area contributed by atoms with E-state index < -0.39 is 10.0 Å². The molecule has 0 aliphatic carbocycles. The van der Waals surface area contributed by atoms with Gasteiger partial charge >= 0.3 is 0 Å². The lowest BCUT2D eigenvalue weighted by atomic mass is 10.2. The Morgan fingerprint density at radius 2 is 1.76 bits per heavy atom. The van der Waals surface area contributed by atoms with E-state index >= 15 is 0 Å². The van der Waals surface area contributed by atoms with Crippen LogP contribution < -0.4 is 0 Å². The zero-order valence-corrected chi connectivity index (χ0v) is 17.2. The average molecular weight is 424 g/mol. The Kier molecular flexibility index (Phi) is 5.21. The summed E-state index contributed by atoms with van der Waals surface area (Å²) in [4.78, 5) is 19.2. The van der Waals surface area contributed by atoms with Crippen LogP contribution in [-0.2, 0) is 14.8 Å². The van der Waals surface area contributed by atoms with Gasteiger partial charge in [0.05, 0.1) is 21.0 Å². The van der Waals surface area contributed by atoms with Gasteiger partial charge in [-0.15, -0.1) is 4.40 Å². The van der Waals surface area contributed by atoms with Gasteiger partial charge in [0, 0.05) is 11.9 Å². The van der Waals surface area contributed by atoms with Crippen LogP contribution in [0.3, 0.4) is 0 Å². The summed E-state index contributed by atoms with van der Waals surface area (Å²) in [7, 11) is -3.90. The van der Waals surface area contributed by atoms with E-state index in [2.05, 4.69) is 9.38 Å². The third-order valence-corrected chi connectivity index (χ3v) is 6.75. The van der Waals surface area contributed by atoms with Crippen molar-refractivity contribution in [2.24, 2.45) is 4.40 Å². The molecule has 6 nitrogen and oxygen atoms in total. The van der Waals surface area contributed by atoms with Crippen molar-refractivity contribution in [2.45, 2.75) is 11.8 Å². The number of amides is 1. The molecule has 146 valence electrons. The molecule has 1 aromatic heterocycles. The van der Waals surface area contributed by atoms with Gasteiger partial charge in [0.25, 0.3) is 15.9 Å². The van der Waals surface area contributed by atoms with E-state index in [1.807, 2.05) is 36.4 Å². The van der Waals surface area contributed by atoms with Crippen LogP contribution in [0.4, 0.5) is 0 Å². The molecule has 29 heavy (non-hydrogen) atoms. The van der Waals surface area contributed by atoms with Crippen molar-refractivity contribution in [2.75, 3.05) is 6.54 Å². The van der Waals surface area contributed by atoms with Gasteiger partial charge in [-0.05, 0) is 49.0 Å². The summed E-state index contributed by atoms with van der Waals surface area (Å²) in [6, 6.07) is 19.4. The van der Waals surface area contributed by atoms with E-state index in [0.29, 0.717) is 17.1 Å². The Balaban J connectivity index is 1.70. The number of carbonyl (C=O) groups is 1. The highest BCUT2D eigenvalue weighted by Crippen LogP contribution is 2.33. The average Bonchev–Trinajstić information content (AvgIpc) is 3.02. The molecule has 0 bridgehead atoms. The van der Waals surface area contributed by atoms with E-state index in [0.717, 1.165) is 22.7 Å². The minimum Gasteiger partial charge on any atom is -0.286 e. The summed E-state index contributed by atoms with van der Waals surface area (Å²) >= 11 is 1.04. The maximum Gasteiger partial charge on any atom is 0.284 e. The Hall–Kier alpha value is -2.97. The summed E-state index contributed by atoms with van der Waals surface area (Å²) in [6.45, 7) is 2.10. The first kappa shape index (κ1) is 19.4. The van der Waals surface area contributed by atoms with Crippen molar-refractivity contribution in [3.63, 3.8) is 0 Å². The normalized spacial score (nSPS) is 17.6. The number of pyridine rings is 1. The molecule has 0 saturated carbocycles. The number of rotatable bonds is 4. The number of hydrogen-bond donors (Lipinski definition) is 0. The molecule has 0 radical (unpaired) electrons. The second kappa shape index (κ2) is 7.81. The van der Waals surface area contributed by atoms with Crippen LogP contribution in [0.5, 0.6) is 0 Å². The fraction of sp³-hybridized carbons (Fsp3) is 0.0952. The van der Waals surface area contributed by atoms with Crippen LogP contribution in [0.25, 0.3) is 17.0 Å². The van der Waals surface area contributed by atoms with Crippen LogP contribution in [0.1, 0.15) is 12.6 Å². The summed E-state index contributed by atoms with van der Waals surface area (Å²) in [5, 5.41) is 1.15. The second-order valence-corrected chi connectivity index (χ2v) is 8.86. The van der Waals surface area contributed by atoms with Gasteiger partial charge in [-0.1, -0.05) is 42.5 Å². The molecule has 1 aliphatic heterocycles. The first-order valence-corrected chi connectivity index (χ1v) is 11.2. The summed E-state index contributed by atoms with van der Waals surface area (Å²) in [6.07, 6.45) is 1.67. The van der Waals surface area contributed by atoms with E-state index in [9.17, 15) is 13.2 Å². The number of nitrogens with zero attached hydrogens (tertiary/aromatic N) is 3. The molecule has 0 N–H and O–H groups in total. The third-order valence-electron chi connectivity index (χ3n) is 4.34. The standard InChI is InChI=1S/C21H17N3O3S2/c1-2-24-20(25)19(14-16-13-12-15-8-6-7-11-18(15)22-16)28-21(24)23-29(26,27)17-9-4-3-5-10-17/h3-14H,2H2,1H3. The predicted octanol–water partition coefficient (Wildman–Crippen LogP) is 3.92. The number of likely N-dealkylation sites (N-methyl/N-ethyl adjacent to an activating group) is 1. The number of hydrogen-bond acceptors (Lipinski definition) is 5. The number of para-hydroxylation sites is 1. The van der Waals surface area contributed by atoms with Crippen LogP contribution in [-0.4, -0.2) is 35.9 Å². The zero-order chi connectivity index (χ0) is 20.4.